The first-order valence-electron chi connectivity index (χ1n) is 10.0. The van der Waals surface area contributed by atoms with Gasteiger partial charge in [0, 0.05) is 25.0 Å². The van der Waals surface area contributed by atoms with Gasteiger partial charge < -0.3 is 20.3 Å². The zero-order valence-corrected chi connectivity index (χ0v) is 17.4. The van der Waals surface area contributed by atoms with Crippen molar-refractivity contribution in [2.75, 3.05) is 31.1 Å². The van der Waals surface area contributed by atoms with Gasteiger partial charge >= 0.3 is 0 Å². The van der Waals surface area contributed by atoms with Crippen molar-refractivity contribution in [2.45, 2.75) is 33.0 Å². The monoisotopic (exact) mass is 419 g/mol. The summed E-state index contributed by atoms with van der Waals surface area (Å²) >= 11 is 0. The molecule has 2 atom stereocenters. The Labute approximate surface area is 174 Å². The second-order valence-electron chi connectivity index (χ2n) is 7.55. The zero-order valence-electron chi connectivity index (χ0n) is 17.4. The first kappa shape index (κ1) is 21.9. The summed E-state index contributed by atoms with van der Waals surface area (Å²) in [5.41, 5.74) is 5.75. The van der Waals surface area contributed by atoms with Gasteiger partial charge in [-0.3, -0.25) is 4.79 Å². The van der Waals surface area contributed by atoms with E-state index in [-0.39, 0.29) is 48.0 Å². The highest BCUT2D eigenvalue weighted by Gasteiger charge is 2.34. The van der Waals surface area contributed by atoms with Crippen LogP contribution in [-0.4, -0.2) is 59.2 Å². The van der Waals surface area contributed by atoms with Gasteiger partial charge in [0.25, 0.3) is 5.91 Å². The van der Waals surface area contributed by atoms with Crippen LogP contribution in [-0.2, 0) is 0 Å². The van der Waals surface area contributed by atoms with Crippen molar-refractivity contribution in [3.8, 4) is 11.5 Å². The van der Waals surface area contributed by atoms with Gasteiger partial charge in [0.05, 0.1) is 18.3 Å². The van der Waals surface area contributed by atoms with E-state index in [4.69, 9.17) is 10.5 Å². The number of carbonyl (C=O) groups is 1. The molecule has 30 heavy (non-hydrogen) atoms. The van der Waals surface area contributed by atoms with Crippen LogP contribution in [0.1, 0.15) is 31.1 Å². The maximum atomic E-state index is 14.2. The first-order valence-corrected chi connectivity index (χ1v) is 10.0. The fourth-order valence-electron chi connectivity index (χ4n) is 3.62. The molecule has 3 rings (SSSR count). The Morgan fingerprint density at radius 3 is 2.77 bits per heavy atom. The summed E-state index contributed by atoms with van der Waals surface area (Å²) in [4.78, 5) is 24.6. The number of nitrogens with two attached hydrogens (primary N) is 1. The largest absolute Gasteiger partial charge is 0.451 e. The molecule has 0 unspecified atom stereocenters. The number of nitrogens with zero attached hydrogens (tertiary/aromatic N) is 4. The fraction of sp³-hybridized carbons (Fsp3) is 0.476. The fourth-order valence-corrected chi connectivity index (χ4v) is 3.62. The molecule has 2 heterocycles. The number of carbonyl (C=O) groups excluding carboxylic acids is 1. The molecule has 1 amide bonds. The van der Waals surface area contributed by atoms with Crippen LogP contribution >= 0.6 is 0 Å². The van der Waals surface area contributed by atoms with Gasteiger partial charge in [-0.2, -0.15) is 0 Å². The van der Waals surface area contributed by atoms with Crippen molar-refractivity contribution in [1.82, 2.24) is 14.9 Å². The SMILES string of the molecule is CCN(C(=O)c1cc(F)ccc1Oc1cncnc1N1C[C@H](CN)[C@H](F)C1)C(C)C. The lowest BCUT2D eigenvalue weighted by Crippen LogP contribution is -2.36. The van der Waals surface area contributed by atoms with Gasteiger partial charge in [0.15, 0.2) is 11.6 Å². The molecule has 1 fully saturated rings. The van der Waals surface area contributed by atoms with Crippen LogP contribution < -0.4 is 15.4 Å². The molecule has 1 aromatic heterocycles. The molecular formula is C21H27F2N5O2. The van der Waals surface area contributed by atoms with E-state index >= 15 is 0 Å². The van der Waals surface area contributed by atoms with Crippen molar-refractivity contribution in [3.63, 3.8) is 0 Å². The zero-order chi connectivity index (χ0) is 21.8. The molecule has 0 spiro atoms. The summed E-state index contributed by atoms with van der Waals surface area (Å²) in [6.07, 6.45) is 1.73. The quantitative estimate of drug-likeness (QED) is 0.743. The topological polar surface area (TPSA) is 84.6 Å². The van der Waals surface area contributed by atoms with Crippen molar-refractivity contribution >= 4 is 11.7 Å². The summed E-state index contributed by atoms with van der Waals surface area (Å²) in [7, 11) is 0. The molecule has 2 N–H and O–H groups in total. The minimum absolute atomic E-state index is 0.0616. The number of aromatic nitrogens is 2. The van der Waals surface area contributed by atoms with Crippen LogP contribution in [0.4, 0.5) is 14.6 Å². The smallest absolute Gasteiger partial charge is 0.257 e. The Morgan fingerprint density at radius 1 is 1.37 bits per heavy atom. The lowest BCUT2D eigenvalue weighted by molar-refractivity contribution is 0.0713. The maximum Gasteiger partial charge on any atom is 0.257 e. The molecule has 9 heteroatoms. The molecule has 7 nitrogen and oxygen atoms in total. The Balaban J connectivity index is 1.94. The highest BCUT2D eigenvalue weighted by Crippen LogP contribution is 2.35. The second kappa shape index (κ2) is 9.34. The Hall–Kier alpha value is -2.81. The number of anilines is 1. The predicted octanol–water partition coefficient (Wildman–Crippen LogP) is 3.01. The van der Waals surface area contributed by atoms with E-state index in [1.165, 1.54) is 24.7 Å². The predicted molar refractivity (Wildman–Crippen MR) is 110 cm³/mol. The summed E-state index contributed by atoms with van der Waals surface area (Å²) in [6.45, 7) is 6.88. The third kappa shape index (κ3) is 4.51. The summed E-state index contributed by atoms with van der Waals surface area (Å²) in [5.74, 6) is -0.324. The minimum atomic E-state index is -1.06. The standard InChI is InChI=1S/C21H27F2N5O2/c1-4-28(13(2)3)21(29)16-7-15(22)5-6-18(16)30-19-9-25-12-26-20(19)27-10-14(8-24)17(23)11-27/h5-7,9,12-14,17H,4,8,10-11,24H2,1-3H3/t14-,17+/m0/s1. The Morgan fingerprint density at radius 2 is 2.13 bits per heavy atom. The van der Waals surface area contributed by atoms with Crippen molar-refractivity contribution in [1.29, 1.82) is 0 Å². The molecule has 162 valence electrons. The van der Waals surface area contributed by atoms with Gasteiger partial charge in [-0.1, -0.05) is 0 Å². The molecule has 0 saturated carbocycles. The maximum absolute atomic E-state index is 14.2. The third-order valence-corrected chi connectivity index (χ3v) is 5.24. The number of halogens is 2. The minimum Gasteiger partial charge on any atom is -0.451 e. The lowest BCUT2D eigenvalue weighted by Gasteiger charge is -2.26. The van der Waals surface area contributed by atoms with Gasteiger partial charge in [-0.15, -0.1) is 0 Å². The van der Waals surface area contributed by atoms with Crippen LogP contribution in [0.3, 0.4) is 0 Å². The van der Waals surface area contributed by atoms with Crippen LogP contribution in [0.2, 0.25) is 0 Å². The molecule has 2 aromatic rings. The van der Waals surface area contributed by atoms with E-state index in [0.29, 0.717) is 18.9 Å². The molecule has 0 radical (unpaired) electrons. The lowest BCUT2D eigenvalue weighted by atomic mass is 10.1. The van der Waals surface area contributed by atoms with Crippen LogP contribution in [0, 0.1) is 11.7 Å². The number of benzene rings is 1. The molecule has 0 bridgehead atoms. The number of alkyl halides is 1. The highest BCUT2D eigenvalue weighted by molar-refractivity contribution is 5.97. The van der Waals surface area contributed by atoms with Gasteiger partial charge in [-0.05, 0) is 45.5 Å². The summed E-state index contributed by atoms with van der Waals surface area (Å²) < 4.78 is 34.1. The van der Waals surface area contributed by atoms with Gasteiger partial charge in [0.1, 0.15) is 24.1 Å². The number of hydrogen-bond acceptors (Lipinski definition) is 6. The van der Waals surface area contributed by atoms with E-state index in [1.54, 1.807) is 9.80 Å². The molecule has 1 saturated heterocycles. The second-order valence-corrected chi connectivity index (χ2v) is 7.55. The summed E-state index contributed by atoms with van der Waals surface area (Å²) in [5, 5.41) is 0. The molecule has 0 aliphatic carbocycles. The Kier molecular flexibility index (Phi) is 6.81. The number of amides is 1. The average Bonchev–Trinajstić information content (AvgIpc) is 3.10. The average molecular weight is 419 g/mol. The van der Waals surface area contributed by atoms with E-state index in [1.807, 2.05) is 20.8 Å². The molecule has 1 aliphatic rings. The van der Waals surface area contributed by atoms with E-state index in [2.05, 4.69) is 9.97 Å². The number of ether oxygens (including phenoxy) is 1. The molecule has 1 aliphatic heterocycles. The van der Waals surface area contributed by atoms with E-state index < -0.39 is 12.0 Å². The van der Waals surface area contributed by atoms with Crippen molar-refractivity contribution in [3.05, 3.63) is 42.1 Å². The van der Waals surface area contributed by atoms with Crippen molar-refractivity contribution in [2.24, 2.45) is 11.7 Å². The van der Waals surface area contributed by atoms with Crippen LogP contribution in [0.15, 0.2) is 30.7 Å². The van der Waals surface area contributed by atoms with Gasteiger partial charge in [-0.25, -0.2) is 18.7 Å². The highest BCUT2D eigenvalue weighted by atomic mass is 19.1. The molecule has 1 aromatic carbocycles. The van der Waals surface area contributed by atoms with Crippen LogP contribution in [0.25, 0.3) is 0 Å². The normalized spacial score (nSPS) is 18.7. The third-order valence-electron chi connectivity index (χ3n) is 5.24. The first-order chi connectivity index (χ1) is 14.3. The van der Waals surface area contributed by atoms with Crippen LogP contribution in [0.5, 0.6) is 11.5 Å². The number of hydrogen-bond donors (Lipinski definition) is 1. The van der Waals surface area contributed by atoms with E-state index in [9.17, 15) is 13.6 Å². The Bertz CT molecular complexity index is 895. The molecular weight excluding hydrogens is 392 g/mol. The summed E-state index contributed by atoms with van der Waals surface area (Å²) in [6, 6.07) is 3.72. The van der Waals surface area contributed by atoms with Gasteiger partial charge in [0.2, 0.25) is 0 Å². The van der Waals surface area contributed by atoms with Crippen molar-refractivity contribution < 1.29 is 18.3 Å². The van der Waals surface area contributed by atoms with E-state index in [0.717, 1.165) is 6.07 Å². The number of rotatable bonds is 7.